The summed E-state index contributed by atoms with van der Waals surface area (Å²) in [6, 6.07) is 0. The van der Waals surface area contributed by atoms with Gasteiger partial charge in [-0.2, -0.15) is 0 Å². The minimum Gasteiger partial charge on any atom is -0.396 e. The van der Waals surface area contributed by atoms with E-state index in [0.29, 0.717) is 25.2 Å². The van der Waals surface area contributed by atoms with Crippen LogP contribution in [0.4, 0.5) is 0 Å². The van der Waals surface area contributed by atoms with Gasteiger partial charge in [0.05, 0.1) is 30.5 Å². The van der Waals surface area contributed by atoms with E-state index in [9.17, 15) is 5.11 Å². The molecule has 1 aromatic heterocycles. The summed E-state index contributed by atoms with van der Waals surface area (Å²) in [7, 11) is 0. The zero-order chi connectivity index (χ0) is 15.1. The first kappa shape index (κ1) is 16.8. The summed E-state index contributed by atoms with van der Waals surface area (Å²) in [5.41, 5.74) is 3.21. The predicted molar refractivity (Wildman–Crippen MR) is 83.6 cm³/mol. The van der Waals surface area contributed by atoms with E-state index in [4.69, 9.17) is 9.84 Å². The van der Waals surface area contributed by atoms with E-state index in [1.807, 2.05) is 12.4 Å². The molecule has 1 aromatic rings. The van der Waals surface area contributed by atoms with Gasteiger partial charge >= 0.3 is 0 Å². The lowest BCUT2D eigenvalue weighted by molar-refractivity contribution is 0.0378. The van der Waals surface area contributed by atoms with Crippen LogP contribution >= 0.6 is 11.3 Å². The highest BCUT2D eigenvalue weighted by molar-refractivity contribution is 7.09. The van der Waals surface area contributed by atoms with Crippen LogP contribution in [0.2, 0.25) is 0 Å². The van der Waals surface area contributed by atoms with Crippen molar-refractivity contribution in [3.05, 3.63) is 16.1 Å². The van der Waals surface area contributed by atoms with Crippen LogP contribution in [-0.2, 0) is 11.2 Å². The van der Waals surface area contributed by atoms with Gasteiger partial charge in [-0.05, 0) is 31.6 Å². The smallest absolute Gasteiger partial charge is 0.0897 e. The maximum absolute atomic E-state index is 9.86. The molecule has 1 atom stereocenters. The predicted octanol–water partition coefficient (Wildman–Crippen LogP) is 1.12. The molecule has 1 fully saturated rings. The van der Waals surface area contributed by atoms with Crippen molar-refractivity contribution in [3.8, 4) is 0 Å². The number of nitrogens with zero attached hydrogens (tertiary/aromatic N) is 1. The second kappa shape index (κ2) is 8.19. The molecule has 21 heavy (non-hydrogen) atoms. The SMILES string of the molecule is Cc1ncsc1CCOCC(O)CNCC1(CCO)CC1. The topological polar surface area (TPSA) is 74.6 Å². The Labute approximate surface area is 130 Å². The van der Waals surface area contributed by atoms with E-state index in [2.05, 4.69) is 10.3 Å². The molecule has 0 saturated heterocycles. The lowest BCUT2D eigenvalue weighted by Crippen LogP contribution is -2.34. The van der Waals surface area contributed by atoms with Gasteiger partial charge in [-0.15, -0.1) is 11.3 Å². The third kappa shape index (κ3) is 5.64. The number of ether oxygens (including phenoxy) is 1. The molecule has 1 heterocycles. The minimum absolute atomic E-state index is 0.254. The van der Waals surface area contributed by atoms with Crippen molar-refractivity contribution in [1.29, 1.82) is 0 Å². The Morgan fingerprint density at radius 3 is 2.95 bits per heavy atom. The number of thiazole rings is 1. The van der Waals surface area contributed by atoms with Gasteiger partial charge in [-0.1, -0.05) is 0 Å². The molecular weight excluding hydrogens is 288 g/mol. The average Bonchev–Trinajstić information content (AvgIpc) is 3.09. The van der Waals surface area contributed by atoms with E-state index in [0.717, 1.165) is 25.1 Å². The van der Waals surface area contributed by atoms with Gasteiger partial charge in [0.2, 0.25) is 0 Å². The lowest BCUT2D eigenvalue weighted by atomic mass is 10.0. The van der Waals surface area contributed by atoms with Crippen LogP contribution in [0.15, 0.2) is 5.51 Å². The van der Waals surface area contributed by atoms with E-state index in [-0.39, 0.29) is 6.61 Å². The third-order valence-corrected chi connectivity index (χ3v) is 5.10. The van der Waals surface area contributed by atoms with Crippen molar-refractivity contribution in [3.63, 3.8) is 0 Å². The van der Waals surface area contributed by atoms with E-state index >= 15 is 0 Å². The highest BCUT2D eigenvalue weighted by atomic mass is 32.1. The fraction of sp³-hybridized carbons (Fsp3) is 0.800. The molecule has 3 N–H and O–H groups in total. The molecule has 0 bridgehead atoms. The number of hydrogen-bond donors (Lipinski definition) is 3. The summed E-state index contributed by atoms with van der Waals surface area (Å²) in [6.07, 6.45) is 3.61. The average molecular weight is 314 g/mol. The Morgan fingerprint density at radius 2 is 2.33 bits per heavy atom. The van der Waals surface area contributed by atoms with Crippen LogP contribution in [-0.4, -0.2) is 54.2 Å². The normalized spacial score (nSPS) is 17.9. The Hall–Kier alpha value is -0.530. The molecule has 0 amide bonds. The van der Waals surface area contributed by atoms with Crippen molar-refractivity contribution in [2.75, 3.05) is 32.9 Å². The number of aryl methyl sites for hydroxylation is 1. The van der Waals surface area contributed by atoms with Crippen molar-refractivity contribution in [1.82, 2.24) is 10.3 Å². The molecule has 1 unspecified atom stereocenters. The van der Waals surface area contributed by atoms with E-state index in [1.165, 1.54) is 17.7 Å². The van der Waals surface area contributed by atoms with Crippen molar-refractivity contribution < 1.29 is 14.9 Å². The number of aliphatic hydroxyl groups is 2. The summed E-state index contributed by atoms with van der Waals surface area (Å²) in [5.74, 6) is 0. The maximum atomic E-state index is 9.86. The molecule has 1 saturated carbocycles. The van der Waals surface area contributed by atoms with Crippen LogP contribution in [0.5, 0.6) is 0 Å². The van der Waals surface area contributed by atoms with Crippen LogP contribution < -0.4 is 5.32 Å². The molecule has 1 aliphatic carbocycles. The summed E-state index contributed by atoms with van der Waals surface area (Å²) in [5, 5.41) is 22.1. The van der Waals surface area contributed by atoms with Gasteiger partial charge in [0.15, 0.2) is 0 Å². The van der Waals surface area contributed by atoms with Gasteiger partial charge in [0, 0.05) is 31.0 Å². The minimum atomic E-state index is -0.475. The molecule has 0 spiro atoms. The number of aliphatic hydroxyl groups excluding tert-OH is 2. The van der Waals surface area contributed by atoms with Gasteiger partial charge in [0.1, 0.15) is 0 Å². The molecule has 1 aliphatic rings. The highest BCUT2D eigenvalue weighted by Gasteiger charge is 2.41. The summed E-state index contributed by atoms with van der Waals surface area (Å²) >= 11 is 1.65. The number of nitrogens with one attached hydrogen (secondary N) is 1. The fourth-order valence-electron chi connectivity index (χ4n) is 2.44. The Balaban J connectivity index is 1.50. The van der Waals surface area contributed by atoms with Crippen LogP contribution in [0.1, 0.15) is 29.8 Å². The van der Waals surface area contributed by atoms with Crippen LogP contribution in [0, 0.1) is 12.3 Å². The van der Waals surface area contributed by atoms with E-state index in [1.54, 1.807) is 11.3 Å². The fourth-order valence-corrected chi connectivity index (χ4v) is 3.20. The largest absolute Gasteiger partial charge is 0.396 e. The van der Waals surface area contributed by atoms with Gasteiger partial charge < -0.3 is 20.3 Å². The highest BCUT2D eigenvalue weighted by Crippen LogP contribution is 2.47. The van der Waals surface area contributed by atoms with Gasteiger partial charge in [0.25, 0.3) is 0 Å². The van der Waals surface area contributed by atoms with Crippen LogP contribution in [0.3, 0.4) is 0 Å². The molecular formula is C15H26N2O3S. The zero-order valence-electron chi connectivity index (χ0n) is 12.7. The first-order valence-electron chi connectivity index (χ1n) is 7.61. The van der Waals surface area contributed by atoms with Gasteiger partial charge in [-0.3, -0.25) is 0 Å². The second-order valence-electron chi connectivity index (χ2n) is 5.94. The zero-order valence-corrected chi connectivity index (χ0v) is 13.5. The molecule has 0 radical (unpaired) electrons. The maximum Gasteiger partial charge on any atom is 0.0897 e. The molecule has 0 aliphatic heterocycles. The van der Waals surface area contributed by atoms with Crippen LogP contribution in [0.25, 0.3) is 0 Å². The number of rotatable bonds is 11. The second-order valence-corrected chi connectivity index (χ2v) is 6.88. The first-order valence-corrected chi connectivity index (χ1v) is 8.49. The van der Waals surface area contributed by atoms with Gasteiger partial charge in [-0.25, -0.2) is 4.98 Å². The van der Waals surface area contributed by atoms with Crippen molar-refractivity contribution >= 4 is 11.3 Å². The molecule has 5 nitrogen and oxygen atoms in total. The first-order chi connectivity index (χ1) is 10.2. The monoisotopic (exact) mass is 314 g/mol. The molecule has 0 aromatic carbocycles. The Morgan fingerprint density at radius 1 is 1.52 bits per heavy atom. The molecule has 2 rings (SSSR count). The van der Waals surface area contributed by atoms with E-state index < -0.39 is 6.10 Å². The quantitative estimate of drug-likeness (QED) is 0.534. The Kier molecular flexibility index (Phi) is 6.57. The molecule has 6 heteroatoms. The number of hydrogen-bond acceptors (Lipinski definition) is 6. The summed E-state index contributed by atoms with van der Waals surface area (Å²) in [4.78, 5) is 5.45. The summed E-state index contributed by atoms with van der Waals surface area (Å²) < 4.78 is 5.52. The molecule has 120 valence electrons. The number of aromatic nitrogens is 1. The third-order valence-electron chi connectivity index (χ3n) is 4.11. The van der Waals surface area contributed by atoms with Crippen molar-refractivity contribution in [2.24, 2.45) is 5.41 Å². The Bertz CT molecular complexity index is 421. The van der Waals surface area contributed by atoms with Crippen molar-refractivity contribution in [2.45, 2.75) is 38.7 Å². The standard InChI is InChI=1S/C15H26N2O3S/c1-12-14(21-11-17-12)2-7-20-9-13(19)8-16-10-15(3-4-15)5-6-18/h11,13,16,18-19H,2-10H2,1H3. The lowest BCUT2D eigenvalue weighted by Gasteiger charge is -2.17. The summed E-state index contributed by atoms with van der Waals surface area (Å²) in [6.45, 7) is 4.67.